The summed E-state index contributed by atoms with van der Waals surface area (Å²) in [5, 5.41) is 19.1. The Morgan fingerprint density at radius 3 is 2.55 bits per heavy atom. The maximum atomic E-state index is 12.0. The molecule has 10 nitrogen and oxygen atoms in total. The summed E-state index contributed by atoms with van der Waals surface area (Å²) in [6.45, 7) is 1.96. The third-order valence-corrected chi connectivity index (χ3v) is 4.82. The molecule has 0 saturated carbocycles. The molecule has 0 bridgehead atoms. The van der Waals surface area contributed by atoms with Gasteiger partial charge in [-0.15, -0.1) is 10.2 Å². The van der Waals surface area contributed by atoms with Crippen molar-refractivity contribution in [3.63, 3.8) is 0 Å². The predicted molar refractivity (Wildman–Crippen MR) is 106 cm³/mol. The first-order valence-electron chi connectivity index (χ1n) is 8.38. The Bertz CT molecular complexity index is 1050. The quantitative estimate of drug-likeness (QED) is 0.360. The molecule has 1 aromatic heterocycles. The molecule has 0 aliphatic carbocycles. The van der Waals surface area contributed by atoms with E-state index in [-0.39, 0.29) is 17.0 Å². The van der Waals surface area contributed by atoms with E-state index in [1.54, 1.807) is 10.9 Å². The summed E-state index contributed by atoms with van der Waals surface area (Å²) >= 11 is 1.17. The summed E-state index contributed by atoms with van der Waals surface area (Å²) in [6, 6.07) is 12.7. The minimum absolute atomic E-state index is 0.00508. The third kappa shape index (κ3) is 4.96. The van der Waals surface area contributed by atoms with Crippen molar-refractivity contribution in [2.75, 3.05) is 5.75 Å². The third-order valence-electron chi connectivity index (χ3n) is 3.88. The maximum absolute atomic E-state index is 12.0. The molecule has 0 aliphatic rings. The monoisotopic (exact) mass is 412 g/mol. The molecule has 148 valence electrons. The van der Waals surface area contributed by atoms with Gasteiger partial charge in [0.1, 0.15) is 6.33 Å². The number of hydrogen-bond acceptors (Lipinski definition) is 7. The van der Waals surface area contributed by atoms with E-state index >= 15 is 0 Å². The molecule has 3 aromatic rings. The molecule has 2 N–H and O–H groups in total. The number of nitro groups is 1. The van der Waals surface area contributed by atoms with Crippen molar-refractivity contribution in [3.8, 4) is 5.69 Å². The molecule has 0 aliphatic heterocycles. The van der Waals surface area contributed by atoms with Crippen molar-refractivity contribution >= 4 is 29.3 Å². The average Bonchev–Trinajstić information content (AvgIpc) is 3.19. The first kappa shape index (κ1) is 20.0. The summed E-state index contributed by atoms with van der Waals surface area (Å²) in [5.74, 6) is -1.02. The molecule has 0 atom stereocenters. The van der Waals surface area contributed by atoms with Gasteiger partial charge in [0.05, 0.1) is 16.4 Å². The van der Waals surface area contributed by atoms with Gasteiger partial charge in [0, 0.05) is 17.7 Å². The number of benzene rings is 2. The minimum atomic E-state index is -0.582. The Morgan fingerprint density at radius 2 is 1.86 bits per heavy atom. The highest BCUT2D eigenvalue weighted by Gasteiger charge is 2.13. The zero-order valence-corrected chi connectivity index (χ0v) is 16.0. The summed E-state index contributed by atoms with van der Waals surface area (Å²) in [5.41, 5.74) is 6.57. The van der Waals surface area contributed by atoms with E-state index in [0.717, 1.165) is 11.3 Å². The second-order valence-corrected chi connectivity index (χ2v) is 6.81. The number of carbonyl (C=O) groups is 2. The summed E-state index contributed by atoms with van der Waals surface area (Å²) in [6.07, 6.45) is 1.57. The van der Waals surface area contributed by atoms with Crippen LogP contribution in [0.1, 0.15) is 15.9 Å². The van der Waals surface area contributed by atoms with Crippen molar-refractivity contribution in [1.82, 2.24) is 25.6 Å². The SMILES string of the molecule is Cc1ccccc1-n1cnnc1SCC(=O)NNC(=O)c1ccc([N+](=O)[O-])cc1. The molecule has 2 aromatic carbocycles. The largest absolute Gasteiger partial charge is 0.276 e. The number of amides is 2. The average molecular weight is 412 g/mol. The van der Waals surface area contributed by atoms with Crippen LogP contribution in [0.4, 0.5) is 5.69 Å². The molecule has 0 radical (unpaired) electrons. The van der Waals surface area contributed by atoms with Crippen molar-refractivity contribution in [1.29, 1.82) is 0 Å². The lowest BCUT2D eigenvalue weighted by molar-refractivity contribution is -0.384. The van der Waals surface area contributed by atoms with Gasteiger partial charge < -0.3 is 0 Å². The van der Waals surface area contributed by atoms with Crippen LogP contribution >= 0.6 is 11.8 Å². The number of nitro benzene ring substituents is 1. The van der Waals surface area contributed by atoms with Crippen LogP contribution in [-0.2, 0) is 4.79 Å². The van der Waals surface area contributed by atoms with Crippen LogP contribution in [0.2, 0.25) is 0 Å². The lowest BCUT2D eigenvalue weighted by Gasteiger charge is -2.09. The molecule has 3 rings (SSSR count). The highest BCUT2D eigenvalue weighted by molar-refractivity contribution is 7.99. The Morgan fingerprint density at radius 1 is 1.14 bits per heavy atom. The zero-order chi connectivity index (χ0) is 20.8. The van der Waals surface area contributed by atoms with Gasteiger partial charge in [-0.25, -0.2) is 0 Å². The number of carbonyl (C=O) groups excluding carboxylic acids is 2. The van der Waals surface area contributed by atoms with Crippen LogP contribution in [0, 0.1) is 17.0 Å². The van der Waals surface area contributed by atoms with Gasteiger partial charge in [0.2, 0.25) is 5.91 Å². The molecule has 0 saturated heterocycles. The van der Waals surface area contributed by atoms with Gasteiger partial charge in [-0.05, 0) is 30.7 Å². The van der Waals surface area contributed by atoms with Crippen LogP contribution in [0.15, 0.2) is 60.0 Å². The number of hydrogen-bond donors (Lipinski definition) is 2. The van der Waals surface area contributed by atoms with Gasteiger partial charge in [0.25, 0.3) is 11.6 Å². The molecule has 29 heavy (non-hydrogen) atoms. The van der Waals surface area contributed by atoms with Crippen molar-refractivity contribution in [3.05, 3.63) is 76.1 Å². The van der Waals surface area contributed by atoms with E-state index in [2.05, 4.69) is 21.0 Å². The molecule has 1 heterocycles. The fourth-order valence-electron chi connectivity index (χ4n) is 2.42. The highest BCUT2D eigenvalue weighted by atomic mass is 32.2. The standard InChI is InChI=1S/C18H16N6O4S/c1-12-4-2-3-5-15(12)23-11-19-22-18(23)29-10-16(25)20-21-17(26)13-6-8-14(9-7-13)24(27)28/h2-9,11H,10H2,1H3,(H,20,25)(H,21,26). The highest BCUT2D eigenvalue weighted by Crippen LogP contribution is 2.21. The van der Waals surface area contributed by atoms with E-state index in [0.29, 0.717) is 5.16 Å². The Balaban J connectivity index is 1.53. The first-order valence-corrected chi connectivity index (χ1v) is 9.36. The first-order chi connectivity index (χ1) is 14.0. The maximum Gasteiger partial charge on any atom is 0.269 e. The molecule has 11 heteroatoms. The zero-order valence-electron chi connectivity index (χ0n) is 15.2. The lowest BCUT2D eigenvalue weighted by Crippen LogP contribution is -2.42. The van der Waals surface area contributed by atoms with Gasteiger partial charge in [-0.2, -0.15) is 0 Å². The number of aryl methyl sites for hydroxylation is 1. The minimum Gasteiger partial charge on any atom is -0.276 e. The predicted octanol–water partition coefficient (Wildman–Crippen LogP) is 2.04. The Hall–Kier alpha value is -3.73. The number of aromatic nitrogens is 3. The van der Waals surface area contributed by atoms with Gasteiger partial charge in [0.15, 0.2) is 5.16 Å². The molecule has 0 fully saturated rings. The van der Waals surface area contributed by atoms with Crippen LogP contribution in [0.25, 0.3) is 5.69 Å². The number of nitrogens with zero attached hydrogens (tertiary/aromatic N) is 4. The summed E-state index contributed by atoms with van der Waals surface area (Å²) in [7, 11) is 0. The van der Waals surface area contributed by atoms with Crippen LogP contribution < -0.4 is 10.9 Å². The van der Waals surface area contributed by atoms with E-state index in [9.17, 15) is 19.7 Å². The van der Waals surface area contributed by atoms with E-state index < -0.39 is 16.7 Å². The number of hydrazine groups is 1. The smallest absolute Gasteiger partial charge is 0.269 e. The number of rotatable bonds is 6. The topological polar surface area (TPSA) is 132 Å². The van der Waals surface area contributed by atoms with Crippen LogP contribution in [-0.4, -0.2) is 37.3 Å². The molecule has 0 unspecified atom stereocenters. The summed E-state index contributed by atoms with van der Waals surface area (Å²) in [4.78, 5) is 34.1. The molecular formula is C18H16N6O4S. The number of non-ortho nitro benzene ring substituents is 1. The van der Waals surface area contributed by atoms with E-state index in [1.807, 2.05) is 31.2 Å². The second kappa shape index (κ2) is 8.97. The normalized spacial score (nSPS) is 10.4. The summed E-state index contributed by atoms with van der Waals surface area (Å²) < 4.78 is 1.78. The Labute approximate surface area is 169 Å². The number of nitrogens with one attached hydrogen (secondary N) is 2. The van der Waals surface area contributed by atoms with Crippen molar-refractivity contribution in [2.24, 2.45) is 0 Å². The number of thioether (sulfide) groups is 1. The fraction of sp³-hybridized carbons (Fsp3) is 0.111. The molecular weight excluding hydrogens is 396 g/mol. The van der Waals surface area contributed by atoms with Gasteiger partial charge in [-0.1, -0.05) is 30.0 Å². The lowest BCUT2D eigenvalue weighted by atomic mass is 10.2. The number of para-hydroxylation sites is 1. The van der Waals surface area contributed by atoms with Crippen molar-refractivity contribution in [2.45, 2.75) is 12.1 Å². The van der Waals surface area contributed by atoms with Crippen molar-refractivity contribution < 1.29 is 14.5 Å². The van der Waals surface area contributed by atoms with E-state index in [1.165, 1.54) is 36.0 Å². The second-order valence-electron chi connectivity index (χ2n) is 5.86. The van der Waals surface area contributed by atoms with Gasteiger partial charge >= 0.3 is 0 Å². The van der Waals surface area contributed by atoms with Crippen LogP contribution in [0.5, 0.6) is 0 Å². The fourth-order valence-corrected chi connectivity index (χ4v) is 3.14. The molecule has 2 amide bonds. The van der Waals surface area contributed by atoms with Gasteiger partial charge in [-0.3, -0.25) is 35.1 Å². The van der Waals surface area contributed by atoms with E-state index in [4.69, 9.17) is 0 Å². The van der Waals surface area contributed by atoms with Crippen LogP contribution in [0.3, 0.4) is 0 Å². The molecule has 0 spiro atoms. The Kier molecular flexibility index (Phi) is 6.19.